The maximum Gasteiger partial charge on any atom is 0.123 e. The van der Waals surface area contributed by atoms with Crippen molar-refractivity contribution < 1.29 is 9.47 Å². The summed E-state index contributed by atoms with van der Waals surface area (Å²) in [4.78, 5) is 0. The lowest BCUT2D eigenvalue weighted by molar-refractivity contribution is 0.0708. The van der Waals surface area contributed by atoms with E-state index in [9.17, 15) is 0 Å². The van der Waals surface area contributed by atoms with E-state index in [1.807, 2.05) is 12.1 Å². The van der Waals surface area contributed by atoms with E-state index in [4.69, 9.17) is 9.47 Å². The highest BCUT2D eigenvalue weighted by atomic mass is 16.5. The van der Waals surface area contributed by atoms with Crippen LogP contribution in [0.3, 0.4) is 0 Å². The molecule has 0 aromatic heterocycles. The van der Waals surface area contributed by atoms with Gasteiger partial charge in [-0.3, -0.25) is 0 Å². The number of hydrogen-bond donors (Lipinski definition) is 2. The van der Waals surface area contributed by atoms with Gasteiger partial charge in [-0.05, 0) is 26.3 Å². The van der Waals surface area contributed by atoms with Gasteiger partial charge in [0.1, 0.15) is 5.75 Å². The van der Waals surface area contributed by atoms with E-state index in [1.165, 1.54) is 5.56 Å². The summed E-state index contributed by atoms with van der Waals surface area (Å²) in [7, 11) is 1.72. The number of para-hydroxylation sites is 1. The van der Waals surface area contributed by atoms with E-state index in [0.29, 0.717) is 12.1 Å². The number of methoxy groups -OCH3 is 1. The summed E-state index contributed by atoms with van der Waals surface area (Å²) in [5, 5.41) is 7.14. The molecule has 4 nitrogen and oxygen atoms in total. The summed E-state index contributed by atoms with van der Waals surface area (Å²) in [6.45, 7) is 7.01. The Bertz CT molecular complexity index is 405. The van der Waals surface area contributed by atoms with Gasteiger partial charge >= 0.3 is 0 Å². The Morgan fingerprint density at radius 2 is 2.20 bits per heavy atom. The summed E-state index contributed by atoms with van der Waals surface area (Å²) in [6.07, 6.45) is 1.07. The molecule has 2 rings (SSSR count). The fourth-order valence-corrected chi connectivity index (χ4v) is 2.81. The number of morpholine rings is 1. The van der Waals surface area contributed by atoms with Crippen LogP contribution in [0, 0.1) is 0 Å². The molecule has 0 radical (unpaired) electrons. The fraction of sp³-hybridized carbons (Fsp3) is 0.625. The molecule has 20 heavy (non-hydrogen) atoms. The molecule has 0 saturated carbocycles. The third-order valence-corrected chi connectivity index (χ3v) is 3.78. The van der Waals surface area contributed by atoms with Crippen LogP contribution in [-0.2, 0) is 4.74 Å². The molecule has 112 valence electrons. The van der Waals surface area contributed by atoms with Gasteiger partial charge in [-0.15, -0.1) is 0 Å². The third-order valence-electron chi connectivity index (χ3n) is 3.78. The van der Waals surface area contributed by atoms with Crippen LogP contribution in [0.1, 0.15) is 31.9 Å². The lowest BCUT2D eigenvalue weighted by Gasteiger charge is -2.28. The van der Waals surface area contributed by atoms with Crippen LogP contribution in [0.15, 0.2) is 24.3 Å². The van der Waals surface area contributed by atoms with Crippen molar-refractivity contribution in [3.63, 3.8) is 0 Å². The van der Waals surface area contributed by atoms with Crippen molar-refractivity contribution >= 4 is 0 Å². The molecule has 3 atom stereocenters. The van der Waals surface area contributed by atoms with Crippen LogP contribution >= 0.6 is 0 Å². The number of nitrogens with one attached hydrogen (secondary N) is 2. The van der Waals surface area contributed by atoms with Gasteiger partial charge in [0, 0.05) is 30.2 Å². The minimum atomic E-state index is 0.269. The molecule has 1 aliphatic heterocycles. The van der Waals surface area contributed by atoms with Gasteiger partial charge in [0.15, 0.2) is 0 Å². The molecule has 2 N–H and O–H groups in total. The molecule has 0 aliphatic carbocycles. The Morgan fingerprint density at radius 3 is 2.90 bits per heavy atom. The van der Waals surface area contributed by atoms with E-state index < -0.39 is 0 Å². The lowest BCUT2D eigenvalue weighted by atomic mass is 10.0. The van der Waals surface area contributed by atoms with Crippen molar-refractivity contribution in [2.45, 2.75) is 38.4 Å². The second-order valence-corrected chi connectivity index (χ2v) is 5.49. The van der Waals surface area contributed by atoms with Crippen molar-refractivity contribution in [2.24, 2.45) is 0 Å². The molecule has 0 spiro atoms. The van der Waals surface area contributed by atoms with E-state index in [1.54, 1.807) is 7.11 Å². The van der Waals surface area contributed by atoms with E-state index in [0.717, 1.165) is 31.9 Å². The fourth-order valence-electron chi connectivity index (χ4n) is 2.81. The van der Waals surface area contributed by atoms with Gasteiger partial charge < -0.3 is 20.1 Å². The predicted octanol–water partition coefficient (Wildman–Crippen LogP) is 2.11. The normalized spacial score (nSPS) is 22.2. The maximum absolute atomic E-state index is 5.50. The van der Waals surface area contributed by atoms with Crippen LogP contribution < -0.4 is 15.4 Å². The second kappa shape index (κ2) is 7.62. The molecule has 1 fully saturated rings. The van der Waals surface area contributed by atoms with Gasteiger partial charge in [0.05, 0.1) is 20.3 Å². The van der Waals surface area contributed by atoms with E-state index in [-0.39, 0.29) is 6.04 Å². The molecule has 1 aromatic rings. The molecule has 1 aliphatic rings. The molecule has 0 bridgehead atoms. The summed E-state index contributed by atoms with van der Waals surface area (Å²) >= 11 is 0. The quantitative estimate of drug-likeness (QED) is 0.836. The average Bonchev–Trinajstić information content (AvgIpc) is 2.48. The predicted molar refractivity (Wildman–Crippen MR) is 81.2 cm³/mol. The first-order valence-electron chi connectivity index (χ1n) is 7.40. The third kappa shape index (κ3) is 4.20. The monoisotopic (exact) mass is 278 g/mol. The Balaban J connectivity index is 1.87. The Hall–Kier alpha value is -1.10. The Kier molecular flexibility index (Phi) is 5.83. The Labute approximate surface area is 121 Å². The largest absolute Gasteiger partial charge is 0.496 e. The highest BCUT2D eigenvalue weighted by Gasteiger charge is 2.18. The number of hydrogen-bond acceptors (Lipinski definition) is 4. The topological polar surface area (TPSA) is 42.5 Å². The second-order valence-electron chi connectivity index (χ2n) is 5.49. The first-order valence-corrected chi connectivity index (χ1v) is 7.40. The summed E-state index contributed by atoms with van der Waals surface area (Å²) in [6, 6.07) is 9.33. The smallest absolute Gasteiger partial charge is 0.123 e. The van der Waals surface area contributed by atoms with Crippen LogP contribution in [-0.4, -0.2) is 39.0 Å². The highest BCUT2D eigenvalue weighted by Crippen LogP contribution is 2.24. The molecule has 1 heterocycles. The summed E-state index contributed by atoms with van der Waals surface area (Å²) in [5.41, 5.74) is 1.20. The van der Waals surface area contributed by atoms with Gasteiger partial charge in [0.2, 0.25) is 0 Å². The van der Waals surface area contributed by atoms with Crippen LogP contribution in [0.25, 0.3) is 0 Å². The average molecular weight is 278 g/mol. The minimum Gasteiger partial charge on any atom is -0.496 e. The summed E-state index contributed by atoms with van der Waals surface area (Å²) in [5.74, 6) is 0.943. The van der Waals surface area contributed by atoms with Crippen LogP contribution in [0.2, 0.25) is 0 Å². The van der Waals surface area contributed by atoms with Gasteiger partial charge in [-0.2, -0.15) is 0 Å². The first-order chi connectivity index (χ1) is 9.70. The van der Waals surface area contributed by atoms with E-state index >= 15 is 0 Å². The molecule has 1 aromatic carbocycles. The van der Waals surface area contributed by atoms with Crippen LogP contribution in [0.5, 0.6) is 5.75 Å². The molecule has 3 unspecified atom stereocenters. The number of ether oxygens (including phenoxy) is 2. The zero-order chi connectivity index (χ0) is 14.4. The standard InChI is InChI=1S/C16H26N2O2/c1-12(10-14-11-20-9-8-17-14)18-13(2)15-6-4-5-7-16(15)19-3/h4-7,12-14,17-18H,8-11H2,1-3H3. The van der Waals surface area contributed by atoms with Gasteiger partial charge in [-0.1, -0.05) is 18.2 Å². The summed E-state index contributed by atoms with van der Waals surface area (Å²) < 4.78 is 10.9. The minimum absolute atomic E-state index is 0.269. The van der Waals surface area contributed by atoms with Crippen molar-refractivity contribution in [3.05, 3.63) is 29.8 Å². The molecule has 4 heteroatoms. The zero-order valence-electron chi connectivity index (χ0n) is 12.7. The van der Waals surface area contributed by atoms with Crippen molar-refractivity contribution in [1.29, 1.82) is 0 Å². The molecular weight excluding hydrogens is 252 g/mol. The number of rotatable bonds is 6. The lowest BCUT2D eigenvalue weighted by Crippen LogP contribution is -2.45. The zero-order valence-corrected chi connectivity index (χ0v) is 12.7. The molecule has 1 saturated heterocycles. The SMILES string of the molecule is COc1ccccc1C(C)NC(C)CC1COCCN1. The van der Waals surface area contributed by atoms with Crippen molar-refractivity contribution in [2.75, 3.05) is 26.9 Å². The van der Waals surface area contributed by atoms with Crippen LogP contribution in [0.4, 0.5) is 0 Å². The highest BCUT2D eigenvalue weighted by molar-refractivity contribution is 5.35. The molecular formula is C16H26N2O2. The maximum atomic E-state index is 5.50. The Morgan fingerprint density at radius 1 is 1.40 bits per heavy atom. The van der Waals surface area contributed by atoms with E-state index in [2.05, 4.69) is 36.6 Å². The van der Waals surface area contributed by atoms with Gasteiger partial charge in [0.25, 0.3) is 0 Å². The van der Waals surface area contributed by atoms with Gasteiger partial charge in [-0.25, -0.2) is 0 Å². The first kappa shape index (κ1) is 15.3. The van der Waals surface area contributed by atoms with Crippen molar-refractivity contribution in [3.8, 4) is 5.75 Å². The van der Waals surface area contributed by atoms with Crippen molar-refractivity contribution in [1.82, 2.24) is 10.6 Å². The molecule has 0 amide bonds. The number of benzene rings is 1.